The molecule has 2 aromatic carbocycles. The summed E-state index contributed by atoms with van der Waals surface area (Å²) in [6, 6.07) is 13.0. The van der Waals surface area contributed by atoms with Gasteiger partial charge in [0.15, 0.2) is 0 Å². The summed E-state index contributed by atoms with van der Waals surface area (Å²) in [5, 5.41) is 3.56. The van der Waals surface area contributed by atoms with Crippen molar-refractivity contribution in [1.29, 1.82) is 0 Å². The monoisotopic (exact) mass is 381 g/mol. The van der Waals surface area contributed by atoms with Crippen LogP contribution in [0.3, 0.4) is 0 Å². The summed E-state index contributed by atoms with van der Waals surface area (Å²) in [6.45, 7) is 6.36. The van der Waals surface area contributed by atoms with Crippen molar-refractivity contribution < 1.29 is 4.74 Å². The molecule has 0 aliphatic rings. The fourth-order valence-electron chi connectivity index (χ4n) is 2.28. The van der Waals surface area contributed by atoms with Crippen LogP contribution in [0.15, 0.2) is 36.4 Å². The van der Waals surface area contributed by atoms with Crippen LogP contribution in [-0.2, 0) is 0 Å². The molecule has 0 fully saturated rings. The van der Waals surface area contributed by atoms with E-state index in [1.807, 2.05) is 0 Å². The number of anilines is 1. The van der Waals surface area contributed by atoms with Gasteiger partial charge in [-0.05, 0) is 78.8 Å². The first-order valence-electron chi connectivity index (χ1n) is 6.68. The Hall–Kier alpha value is -1.23. The third-order valence-corrected chi connectivity index (χ3v) is 4.09. The van der Waals surface area contributed by atoms with Gasteiger partial charge in [0.1, 0.15) is 5.75 Å². The van der Waals surface area contributed by atoms with Gasteiger partial charge in [0.2, 0.25) is 0 Å². The number of ether oxygens (including phenoxy) is 1. The van der Waals surface area contributed by atoms with E-state index in [2.05, 4.69) is 85.1 Å². The van der Waals surface area contributed by atoms with E-state index in [0.29, 0.717) is 0 Å². The minimum absolute atomic E-state index is 0.198. The number of halogens is 1. The first-order valence-corrected chi connectivity index (χ1v) is 7.76. The molecule has 0 aliphatic carbocycles. The van der Waals surface area contributed by atoms with Crippen molar-refractivity contribution in [2.45, 2.75) is 26.8 Å². The summed E-state index contributed by atoms with van der Waals surface area (Å²) in [6.07, 6.45) is 0. The zero-order chi connectivity index (χ0) is 14.7. The Morgan fingerprint density at radius 2 is 1.85 bits per heavy atom. The van der Waals surface area contributed by atoms with Crippen molar-refractivity contribution in [3.8, 4) is 5.75 Å². The summed E-state index contributed by atoms with van der Waals surface area (Å²) in [4.78, 5) is 0. The topological polar surface area (TPSA) is 21.3 Å². The molecule has 0 amide bonds. The van der Waals surface area contributed by atoms with E-state index >= 15 is 0 Å². The van der Waals surface area contributed by atoms with Crippen LogP contribution < -0.4 is 10.1 Å². The van der Waals surface area contributed by atoms with Gasteiger partial charge in [-0.15, -0.1) is 0 Å². The maximum Gasteiger partial charge on any atom is 0.124 e. The molecular formula is C17H20INO. The average molecular weight is 381 g/mol. The average Bonchev–Trinajstić information content (AvgIpc) is 2.41. The Bertz CT molecular complexity index is 610. The molecule has 2 nitrogen and oxygen atoms in total. The van der Waals surface area contributed by atoms with Crippen LogP contribution in [0.25, 0.3) is 0 Å². The van der Waals surface area contributed by atoms with E-state index in [9.17, 15) is 0 Å². The Morgan fingerprint density at radius 3 is 2.50 bits per heavy atom. The second kappa shape index (κ2) is 6.48. The predicted molar refractivity (Wildman–Crippen MR) is 93.7 cm³/mol. The first kappa shape index (κ1) is 15.2. The third kappa shape index (κ3) is 3.45. The third-order valence-electron chi connectivity index (χ3n) is 3.42. The Labute approximate surface area is 134 Å². The van der Waals surface area contributed by atoms with E-state index in [0.717, 1.165) is 5.75 Å². The number of hydrogen-bond acceptors (Lipinski definition) is 2. The fraction of sp³-hybridized carbons (Fsp3) is 0.294. The van der Waals surface area contributed by atoms with Crippen LogP contribution in [0.5, 0.6) is 5.75 Å². The van der Waals surface area contributed by atoms with Crippen molar-refractivity contribution in [2.24, 2.45) is 0 Å². The smallest absolute Gasteiger partial charge is 0.124 e. The number of rotatable bonds is 4. The van der Waals surface area contributed by atoms with Crippen molar-refractivity contribution in [3.05, 3.63) is 56.7 Å². The van der Waals surface area contributed by atoms with Gasteiger partial charge in [0, 0.05) is 14.8 Å². The summed E-state index contributed by atoms with van der Waals surface area (Å²) in [7, 11) is 1.72. The molecule has 1 unspecified atom stereocenters. The molecule has 20 heavy (non-hydrogen) atoms. The van der Waals surface area contributed by atoms with E-state index in [1.54, 1.807) is 7.11 Å². The Kier molecular flexibility index (Phi) is 4.91. The van der Waals surface area contributed by atoms with Crippen LogP contribution in [-0.4, -0.2) is 7.11 Å². The predicted octanol–water partition coefficient (Wildman–Crippen LogP) is 5.09. The minimum Gasteiger partial charge on any atom is -0.496 e. The lowest BCUT2D eigenvalue weighted by Crippen LogP contribution is -2.09. The maximum atomic E-state index is 5.49. The van der Waals surface area contributed by atoms with Gasteiger partial charge in [-0.1, -0.05) is 12.1 Å². The number of nitrogens with one attached hydrogen (secondary N) is 1. The SMILES string of the molecule is COc1cc(C)ccc1C(C)Nc1ccc(I)cc1C. The largest absolute Gasteiger partial charge is 0.496 e. The van der Waals surface area contributed by atoms with Gasteiger partial charge in [-0.2, -0.15) is 0 Å². The molecule has 0 bridgehead atoms. The highest BCUT2D eigenvalue weighted by molar-refractivity contribution is 14.1. The number of benzene rings is 2. The summed E-state index contributed by atoms with van der Waals surface area (Å²) < 4.78 is 6.75. The molecule has 0 aromatic heterocycles. The van der Waals surface area contributed by atoms with E-state index < -0.39 is 0 Å². The molecule has 2 rings (SSSR count). The zero-order valence-electron chi connectivity index (χ0n) is 12.3. The highest BCUT2D eigenvalue weighted by Gasteiger charge is 2.12. The van der Waals surface area contributed by atoms with E-state index in [4.69, 9.17) is 4.74 Å². The summed E-state index contributed by atoms with van der Waals surface area (Å²) in [5.74, 6) is 0.938. The molecule has 2 aromatic rings. The lowest BCUT2D eigenvalue weighted by atomic mass is 10.0. The quantitative estimate of drug-likeness (QED) is 0.745. The molecule has 106 valence electrons. The first-order chi connectivity index (χ1) is 9.51. The van der Waals surface area contributed by atoms with Crippen LogP contribution in [0.1, 0.15) is 29.7 Å². The number of aryl methyl sites for hydroxylation is 2. The van der Waals surface area contributed by atoms with Crippen LogP contribution >= 0.6 is 22.6 Å². The standard InChI is InChI=1S/C17H20INO/c1-11-5-7-15(17(9-11)20-4)13(3)19-16-8-6-14(18)10-12(16)2/h5-10,13,19H,1-4H3. The highest BCUT2D eigenvalue weighted by atomic mass is 127. The van der Waals surface area contributed by atoms with Gasteiger partial charge in [-0.3, -0.25) is 0 Å². The van der Waals surface area contributed by atoms with Gasteiger partial charge in [0.25, 0.3) is 0 Å². The zero-order valence-corrected chi connectivity index (χ0v) is 14.5. The van der Waals surface area contributed by atoms with Crippen LogP contribution in [0, 0.1) is 17.4 Å². The van der Waals surface area contributed by atoms with Crippen molar-refractivity contribution in [1.82, 2.24) is 0 Å². The van der Waals surface area contributed by atoms with Crippen molar-refractivity contribution >= 4 is 28.3 Å². The minimum atomic E-state index is 0.198. The molecule has 1 atom stereocenters. The van der Waals surface area contributed by atoms with E-state index in [-0.39, 0.29) is 6.04 Å². The second-order valence-electron chi connectivity index (χ2n) is 5.07. The number of methoxy groups -OCH3 is 1. The number of hydrogen-bond donors (Lipinski definition) is 1. The van der Waals surface area contributed by atoms with Crippen molar-refractivity contribution in [2.75, 3.05) is 12.4 Å². The molecule has 0 saturated heterocycles. The maximum absolute atomic E-state index is 5.49. The normalized spacial score (nSPS) is 12.1. The lowest BCUT2D eigenvalue weighted by molar-refractivity contribution is 0.407. The van der Waals surface area contributed by atoms with Gasteiger partial charge < -0.3 is 10.1 Å². The highest BCUT2D eigenvalue weighted by Crippen LogP contribution is 2.30. The van der Waals surface area contributed by atoms with Crippen LogP contribution in [0.2, 0.25) is 0 Å². The van der Waals surface area contributed by atoms with Gasteiger partial charge in [-0.25, -0.2) is 0 Å². The summed E-state index contributed by atoms with van der Waals surface area (Å²) in [5.41, 5.74) is 4.81. The van der Waals surface area contributed by atoms with Crippen LogP contribution in [0.4, 0.5) is 5.69 Å². The molecule has 0 radical (unpaired) electrons. The second-order valence-corrected chi connectivity index (χ2v) is 6.32. The summed E-state index contributed by atoms with van der Waals surface area (Å²) >= 11 is 2.33. The van der Waals surface area contributed by atoms with Gasteiger partial charge >= 0.3 is 0 Å². The molecule has 0 spiro atoms. The Balaban J connectivity index is 2.25. The fourth-order valence-corrected chi connectivity index (χ4v) is 2.92. The molecule has 3 heteroatoms. The molecule has 0 aliphatic heterocycles. The lowest BCUT2D eigenvalue weighted by Gasteiger charge is -2.20. The van der Waals surface area contributed by atoms with Gasteiger partial charge in [0.05, 0.1) is 13.2 Å². The Morgan fingerprint density at radius 1 is 1.10 bits per heavy atom. The van der Waals surface area contributed by atoms with E-state index in [1.165, 1.54) is 25.9 Å². The van der Waals surface area contributed by atoms with Crippen molar-refractivity contribution in [3.63, 3.8) is 0 Å². The molecule has 1 N–H and O–H groups in total. The molecular weight excluding hydrogens is 361 g/mol. The molecule has 0 heterocycles. The molecule has 0 saturated carbocycles.